The second kappa shape index (κ2) is 9.49. The van der Waals surface area contributed by atoms with Crippen molar-refractivity contribution in [2.75, 3.05) is 11.3 Å². The molecule has 4 aromatic carbocycles. The van der Waals surface area contributed by atoms with E-state index in [0.29, 0.717) is 11.1 Å². The van der Waals surface area contributed by atoms with Gasteiger partial charge in [0.25, 0.3) is 10.0 Å². The van der Waals surface area contributed by atoms with Crippen molar-refractivity contribution in [3.63, 3.8) is 0 Å². The van der Waals surface area contributed by atoms with Crippen LogP contribution >= 0.6 is 0 Å². The highest BCUT2D eigenvalue weighted by Crippen LogP contribution is 2.32. The van der Waals surface area contributed by atoms with Gasteiger partial charge in [0, 0.05) is 24.0 Å². The molecule has 0 aliphatic carbocycles. The fourth-order valence-electron chi connectivity index (χ4n) is 4.44. The summed E-state index contributed by atoms with van der Waals surface area (Å²) in [7, 11) is -3.75. The van der Waals surface area contributed by atoms with E-state index in [1.165, 1.54) is 5.56 Å². The maximum Gasteiger partial charge on any atom is 0.262 e. The number of anilines is 1. The number of hydrogen-bond donors (Lipinski definition) is 2. The summed E-state index contributed by atoms with van der Waals surface area (Å²) in [5.41, 5.74) is 2.84. The first-order valence-corrected chi connectivity index (χ1v) is 13.1. The normalized spacial score (nSPS) is 16.4. The van der Waals surface area contributed by atoms with E-state index >= 15 is 0 Å². The topological polar surface area (TPSA) is 67.4 Å². The standard InChI is InChI=1S/C28H28N2O3S/c1-20(21-8-3-2-4-9-21)29-19-25-17-15-23-14-16-24(18-27(23)33-25)30-34(31,32)28-13-7-11-22-10-5-6-12-26(22)28/h2-14,16,18,20,25,29-30H,15,17,19H2,1H3. The number of ether oxygens (including phenoxy) is 1. The molecule has 1 heterocycles. The summed E-state index contributed by atoms with van der Waals surface area (Å²) in [4.78, 5) is 0.265. The van der Waals surface area contributed by atoms with Crippen molar-refractivity contribution in [3.05, 3.63) is 102 Å². The first-order chi connectivity index (χ1) is 16.5. The Morgan fingerprint density at radius 3 is 2.56 bits per heavy atom. The maximum atomic E-state index is 13.2. The van der Waals surface area contributed by atoms with Crippen molar-refractivity contribution in [1.29, 1.82) is 0 Å². The molecule has 34 heavy (non-hydrogen) atoms. The Labute approximate surface area is 200 Å². The molecular formula is C28H28N2O3S. The van der Waals surface area contributed by atoms with Crippen LogP contribution in [0.3, 0.4) is 0 Å². The molecule has 0 saturated heterocycles. The first-order valence-electron chi connectivity index (χ1n) is 11.6. The van der Waals surface area contributed by atoms with Crippen molar-refractivity contribution in [3.8, 4) is 5.75 Å². The number of benzene rings is 4. The lowest BCUT2D eigenvalue weighted by Crippen LogP contribution is -2.35. The van der Waals surface area contributed by atoms with E-state index in [4.69, 9.17) is 4.74 Å². The van der Waals surface area contributed by atoms with Crippen LogP contribution in [-0.2, 0) is 16.4 Å². The Bertz CT molecular complexity index is 1400. The van der Waals surface area contributed by atoms with E-state index in [9.17, 15) is 8.42 Å². The highest BCUT2D eigenvalue weighted by Gasteiger charge is 2.22. The van der Waals surface area contributed by atoms with Gasteiger partial charge in [0.05, 0.1) is 10.6 Å². The van der Waals surface area contributed by atoms with Crippen molar-refractivity contribution in [2.24, 2.45) is 0 Å². The summed E-state index contributed by atoms with van der Waals surface area (Å²) < 4.78 is 35.4. The lowest BCUT2D eigenvalue weighted by Gasteiger charge is -2.28. The Morgan fingerprint density at radius 1 is 0.941 bits per heavy atom. The molecule has 174 valence electrons. The van der Waals surface area contributed by atoms with E-state index in [1.54, 1.807) is 24.3 Å². The Hall–Kier alpha value is -3.35. The Kier molecular flexibility index (Phi) is 6.26. The minimum absolute atomic E-state index is 0.0311. The number of sulfonamides is 1. The fraction of sp³-hybridized carbons (Fsp3) is 0.214. The van der Waals surface area contributed by atoms with Gasteiger partial charge in [-0.15, -0.1) is 0 Å². The number of hydrogen-bond acceptors (Lipinski definition) is 4. The highest BCUT2D eigenvalue weighted by molar-refractivity contribution is 7.93. The summed E-state index contributed by atoms with van der Waals surface area (Å²) in [6.45, 7) is 2.87. The largest absolute Gasteiger partial charge is 0.489 e. The summed E-state index contributed by atoms with van der Waals surface area (Å²) in [6.07, 6.45) is 1.85. The molecule has 2 atom stereocenters. The van der Waals surface area contributed by atoms with Gasteiger partial charge < -0.3 is 10.1 Å². The first kappa shape index (κ1) is 22.4. The van der Waals surface area contributed by atoms with Crippen molar-refractivity contribution < 1.29 is 13.2 Å². The van der Waals surface area contributed by atoms with Crippen molar-refractivity contribution >= 4 is 26.5 Å². The predicted octanol–water partition coefficient (Wildman–Crippen LogP) is 5.69. The Morgan fingerprint density at radius 2 is 1.71 bits per heavy atom. The third-order valence-electron chi connectivity index (χ3n) is 6.34. The van der Waals surface area contributed by atoms with Crippen LogP contribution in [0.25, 0.3) is 10.8 Å². The number of rotatable bonds is 7. The van der Waals surface area contributed by atoms with Gasteiger partial charge in [0.2, 0.25) is 0 Å². The summed E-state index contributed by atoms with van der Waals surface area (Å²) in [6, 6.07) is 28.9. The summed E-state index contributed by atoms with van der Waals surface area (Å²) in [5.74, 6) is 0.739. The number of nitrogens with one attached hydrogen (secondary N) is 2. The fourth-order valence-corrected chi connectivity index (χ4v) is 5.72. The molecule has 0 aromatic heterocycles. The molecule has 0 spiro atoms. The molecule has 0 bridgehead atoms. The second-order valence-electron chi connectivity index (χ2n) is 8.72. The van der Waals surface area contributed by atoms with Crippen LogP contribution in [-0.4, -0.2) is 21.1 Å². The lowest BCUT2D eigenvalue weighted by molar-refractivity contribution is 0.167. The SMILES string of the molecule is CC(NCC1CCc2ccc(NS(=O)(=O)c3cccc4ccccc34)cc2O1)c1ccccc1. The van der Waals surface area contributed by atoms with Crippen LogP contribution in [0.15, 0.2) is 95.9 Å². The van der Waals surface area contributed by atoms with E-state index in [-0.39, 0.29) is 17.0 Å². The molecule has 0 saturated carbocycles. The molecule has 5 nitrogen and oxygen atoms in total. The van der Waals surface area contributed by atoms with Crippen LogP contribution in [0.2, 0.25) is 0 Å². The molecular weight excluding hydrogens is 444 g/mol. The predicted molar refractivity (Wildman–Crippen MR) is 137 cm³/mol. The summed E-state index contributed by atoms with van der Waals surface area (Å²) >= 11 is 0. The van der Waals surface area contributed by atoms with Crippen molar-refractivity contribution in [1.82, 2.24) is 5.32 Å². The minimum atomic E-state index is -3.75. The van der Waals surface area contributed by atoms with E-state index in [0.717, 1.165) is 36.1 Å². The molecule has 4 aromatic rings. The molecule has 2 unspecified atom stereocenters. The average Bonchev–Trinajstić information content (AvgIpc) is 2.87. The zero-order valence-corrected chi connectivity index (χ0v) is 19.9. The third kappa shape index (κ3) is 4.79. The van der Waals surface area contributed by atoms with Crippen molar-refractivity contribution in [2.45, 2.75) is 36.8 Å². The highest BCUT2D eigenvalue weighted by atomic mass is 32.2. The van der Waals surface area contributed by atoms with E-state index in [2.05, 4.69) is 29.1 Å². The second-order valence-corrected chi connectivity index (χ2v) is 10.4. The smallest absolute Gasteiger partial charge is 0.262 e. The molecule has 0 amide bonds. The quantitative estimate of drug-likeness (QED) is 0.363. The van der Waals surface area contributed by atoms with Gasteiger partial charge in [-0.3, -0.25) is 4.72 Å². The van der Waals surface area contributed by atoms with Gasteiger partial charge in [-0.05, 0) is 48.4 Å². The number of aryl methyl sites for hydroxylation is 1. The zero-order valence-electron chi connectivity index (χ0n) is 19.1. The lowest BCUT2D eigenvalue weighted by atomic mass is 10.0. The molecule has 1 aliphatic rings. The molecule has 5 rings (SSSR count). The number of fused-ring (bicyclic) bond motifs is 2. The van der Waals surface area contributed by atoms with Gasteiger partial charge in [-0.1, -0.05) is 72.8 Å². The van der Waals surface area contributed by atoms with Gasteiger partial charge in [-0.2, -0.15) is 0 Å². The van der Waals surface area contributed by atoms with Gasteiger partial charge in [-0.25, -0.2) is 8.42 Å². The minimum Gasteiger partial charge on any atom is -0.489 e. The summed E-state index contributed by atoms with van der Waals surface area (Å²) in [5, 5.41) is 5.14. The molecule has 0 radical (unpaired) electrons. The van der Waals surface area contributed by atoms with E-state index < -0.39 is 10.0 Å². The van der Waals surface area contributed by atoms with Gasteiger partial charge >= 0.3 is 0 Å². The van der Waals surface area contributed by atoms with E-state index in [1.807, 2.05) is 54.6 Å². The monoisotopic (exact) mass is 472 g/mol. The van der Waals surface area contributed by atoms with Gasteiger partial charge in [0.1, 0.15) is 11.9 Å². The Balaban J connectivity index is 1.30. The molecule has 6 heteroatoms. The van der Waals surface area contributed by atoms with Crippen LogP contribution in [0.5, 0.6) is 5.75 Å². The van der Waals surface area contributed by atoms with Crippen LogP contribution in [0.1, 0.15) is 30.5 Å². The van der Waals surface area contributed by atoms with Gasteiger partial charge in [0.15, 0.2) is 0 Å². The molecule has 2 N–H and O–H groups in total. The average molecular weight is 473 g/mol. The molecule has 1 aliphatic heterocycles. The van der Waals surface area contributed by atoms with Crippen LogP contribution < -0.4 is 14.8 Å². The third-order valence-corrected chi connectivity index (χ3v) is 7.78. The van der Waals surface area contributed by atoms with Crippen LogP contribution in [0.4, 0.5) is 5.69 Å². The van der Waals surface area contributed by atoms with Crippen LogP contribution in [0, 0.1) is 0 Å². The molecule has 0 fully saturated rings. The maximum absolute atomic E-state index is 13.2. The zero-order chi connectivity index (χ0) is 23.5.